The highest BCUT2D eigenvalue weighted by atomic mass is 32.2. The summed E-state index contributed by atoms with van der Waals surface area (Å²) in [6.07, 6.45) is 1.92. The number of hydrogen-bond donors (Lipinski definition) is 3. The van der Waals surface area contributed by atoms with E-state index in [0.29, 0.717) is 16.3 Å². The summed E-state index contributed by atoms with van der Waals surface area (Å²) in [7, 11) is 3.20. The maximum Gasteiger partial charge on any atom is 0.278 e. The number of thioether (sulfide) groups is 1. The van der Waals surface area contributed by atoms with Crippen LogP contribution in [0.1, 0.15) is 10.8 Å². The molecule has 0 aliphatic carbocycles. The SMILES string of the molecule is CO/N=C(\C(=O)N[C@@H]1C(=O)N2C(C(=O)S)=C(c3nc(-c4cccc[n+]4C)cs3)CS[C@H]12)c1nsc(N)n1. The monoisotopic (exact) mass is 575 g/mol. The topological polar surface area (TPSA) is 157 Å². The highest BCUT2D eigenvalue weighted by molar-refractivity contribution is 8.00. The highest BCUT2D eigenvalue weighted by Gasteiger charge is 2.54. The Morgan fingerprint density at radius 2 is 2.16 bits per heavy atom. The molecule has 3 aromatic rings. The third-order valence-electron chi connectivity index (χ3n) is 5.59. The molecule has 0 aromatic carbocycles. The Morgan fingerprint density at radius 1 is 1.35 bits per heavy atom. The summed E-state index contributed by atoms with van der Waals surface area (Å²) in [6.45, 7) is 0. The van der Waals surface area contributed by atoms with Gasteiger partial charge in [0.05, 0.1) is 0 Å². The van der Waals surface area contributed by atoms with E-state index >= 15 is 0 Å². The molecule has 2 amide bonds. The summed E-state index contributed by atoms with van der Waals surface area (Å²) in [6, 6.07) is 4.90. The molecule has 5 heterocycles. The molecule has 0 spiro atoms. The number of nitrogens with zero attached hydrogens (tertiary/aromatic N) is 6. The fraction of sp³-hybridized carbons (Fsp3) is 0.238. The Balaban J connectivity index is 1.40. The first-order valence-corrected chi connectivity index (χ1v) is 13.8. The molecule has 190 valence electrons. The van der Waals surface area contributed by atoms with Crippen molar-refractivity contribution in [1.82, 2.24) is 24.6 Å². The average molecular weight is 576 g/mol. The fourth-order valence-electron chi connectivity index (χ4n) is 3.92. The number of fused-ring (bicyclic) bond motifs is 1. The Morgan fingerprint density at radius 3 is 2.84 bits per heavy atom. The molecule has 2 aliphatic rings. The number of pyridine rings is 1. The number of rotatable bonds is 7. The zero-order valence-electron chi connectivity index (χ0n) is 19.3. The molecule has 37 heavy (non-hydrogen) atoms. The average Bonchev–Trinajstić information content (AvgIpc) is 3.54. The molecule has 2 atom stereocenters. The molecule has 1 fully saturated rings. The Bertz CT molecular complexity index is 1480. The van der Waals surface area contributed by atoms with Gasteiger partial charge in [-0.15, -0.1) is 23.1 Å². The van der Waals surface area contributed by atoms with Gasteiger partial charge in [-0.1, -0.05) is 17.8 Å². The number of aryl methyl sites for hydroxylation is 1. The number of oxime groups is 1. The van der Waals surface area contributed by atoms with Gasteiger partial charge in [0, 0.05) is 40.4 Å². The van der Waals surface area contributed by atoms with Gasteiger partial charge in [0.25, 0.3) is 11.8 Å². The third kappa shape index (κ3) is 4.60. The number of carbonyl (C=O) groups excluding carboxylic acids is 3. The zero-order chi connectivity index (χ0) is 26.3. The van der Waals surface area contributed by atoms with Crippen LogP contribution in [0.15, 0.2) is 40.6 Å². The third-order valence-corrected chi connectivity index (χ3v) is 8.52. The summed E-state index contributed by atoms with van der Waals surface area (Å²) in [5.74, 6) is -0.762. The van der Waals surface area contributed by atoms with E-state index in [0.717, 1.165) is 22.9 Å². The molecule has 0 saturated carbocycles. The second-order valence-corrected chi connectivity index (χ2v) is 11.0. The van der Waals surface area contributed by atoms with Crippen molar-refractivity contribution in [2.24, 2.45) is 12.2 Å². The number of anilines is 1. The van der Waals surface area contributed by atoms with Crippen LogP contribution in [0.3, 0.4) is 0 Å². The van der Waals surface area contributed by atoms with Crippen molar-refractivity contribution in [3.8, 4) is 11.4 Å². The predicted molar refractivity (Wildman–Crippen MR) is 143 cm³/mol. The molecule has 2 aliphatic heterocycles. The van der Waals surface area contributed by atoms with Crippen molar-refractivity contribution in [3.63, 3.8) is 0 Å². The Hall–Kier alpha value is -3.34. The summed E-state index contributed by atoms with van der Waals surface area (Å²) in [4.78, 5) is 53.4. The second-order valence-electron chi connectivity index (χ2n) is 7.81. The molecule has 1 saturated heterocycles. The van der Waals surface area contributed by atoms with Crippen molar-refractivity contribution in [3.05, 3.63) is 46.3 Å². The van der Waals surface area contributed by atoms with E-state index in [2.05, 4.69) is 32.5 Å². The lowest BCUT2D eigenvalue weighted by atomic mass is 10.0. The molecular weight excluding hydrogens is 557 g/mol. The van der Waals surface area contributed by atoms with Gasteiger partial charge in [0.1, 0.15) is 42.0 Å². The van der Waals surface area contributed by atoms with E-state index in [9.17, 15) is 14.4 Å². The van der Waals surface area contributed by atoms with Crippen LogP contribution in [0, 0.1) is 0 Å². The Labute approximate surface area is 228 Å². The molecule has 3 N–H and O–H groups in total. The van der Waals surface area contributed by atoms with Gasteiger partial charge in [-0.2, -0.15) is 13.9 Å². The fourth-order valence-corrected chi connectivity index (χ4v) is 6.89. The van der Waals surface area contributed by atoms with Crippen molar-refractivity contribution < 1.29 is 23.8 Å². The summed E-state index contributed by atoms with van der Waals surface area (Å²) in [5.41, 5.74) is 7.86. The van der Waals surface area contributed by atoms with Crippen LogP contribution in [0.4, 0.5) is 5.13 Å². The first-order valence-electron chi connectivity index (χ1n) is 10.6. The number of hydrogen-bond acceptors (Lipinski definition) is 12. The number of nitrogen functional groups attached to an aromatic ring is 1. The molecule has 0 bridgehead atoms. The van der Waals surface area contributed by atoms with Crippen LogP contribution < -0.4 is 15.6 Å². The Kier molecular flexibility index (Phi) is 6.98. The predicted octanol–water partition coefficient (Wildman–Crippen LogP) is 0.686. The van der Waals surface area contributed by atoms with Crippen LogP contribution in [0.2, 0.25) is 0 Å². The number of nitrogens with one attached hydrogen (secondary N) is 1. The largest absolute Gasteiger partial charge is 0.398 e. The van der Waals surface area contributed by atoms with Gasteiger partial charge < -0.3 is 15.9 Å². The first-order chi connectivity index (χ1) is 17.8. The summed E-state index contributed by atoms with van der Waals surface area (Å²) >= 11 is 7.75. The van der Waals surface area contributed by atoms with E-state index in [-0.39, 0.29) is 22.4 Å². The highest BCUT2D eigenvalue weighted by Crippen LogP contribution is 2.44. The van der Waals surface area contributed by atoms with Gasteiger partial charge in [-0.25, -0.2) is 4.98 Å². The van der Waals surface area contributed by atoms with Crippen molar-refractivity contribution in [1.29, 1.82) is 0 Å². The van der Waals surface area contributed by atoms with E-state index in [1.165, 1.54) is 35.1 Å². The minimum absolute atomic E-state index is 0.0124. The van der Waals surface area contributed by atoms with Crippen LogP contribution in [-0.2, 0) is 26.3 Å². The number of amides is 2. The van der Waals surface area contributed by atoms with Gasteiger partial charge in [0.2, 0.25) is 22.3 Å². The van der Waals surface area contributed by atoms with E-state index in [4.69, 9.17) is 15.6 Å². The lowest BCUT2D eigenvalue weighted by Crippen LogP contribution is -2.70. The lowest BCUT2D eigenvalue weighted by Gasteiger charge is -2.49. The summed E-state index contributed by atoms with van der Waals surface area (Å²) < 4.78 is 5.93. The summed E-state index contributed by atoms with van der Waals surface area (Å²) in [5, 5.41) is 7.98. The van der Waals surface area contributed by atoms with E-state index in [1.54, 1.807) is 0 Å². The minimum Gasteiger partial charge on any atom is -0.398 e. The molecule has 5 rings (SSSR count). The number of aromatic nitrogens is 4. The normalized spacial score (nSPS) is 19.4. The number of nitrogens with two attached hydrogens (primary N) is 1. The number of thiazole rings is 1. The van der Waals surface area contributed by atoms with Crippen LogP contribution in [0.25, 0.3) is 17.0 Å². The molecule has 0 radical (unpaired) electrons. The number of carbonyl (C=O) groups is 3. The maximum absolute atomic E-state index is 13.2. The van der Waals surface area contributed by atoms with E-state index in [1.807, 2.05) is 41.4 Å². The smallest absolute Gasteiger partial charge is 0.278 e. The molecule has 3 aromatic heterocycles. The van der Waals surface area contributed by atoms with Gasteiger partial charge in [0.15, 0.2) is 11.3 Å². The van der Waals surface area contributed by atoms with Crippen LogP contribution >= 0.6 is 47.3 Å². The first kappa shape index (κ1) is 25.3. The standard InChI is InChI=1S/C21H18N8O4S4/c1-28-6-4-3-5-11(28)10-8-35-17(23-10)9-7-36-19-13(18(31)29(19)14(9)20(32)34)24-16(30)12(26-33-2)15-25-21(22)37-27-15/h3-6,8,13,19H,7H2,1-2H3,(H3-,22,24,25,27,30,32,34)/p+1/b26-12-/t13-,19-/m1/s1. The minimum atomic E-state index is -0.894. The van der Waals surface area contributed by atoms with Crippen molar-refractivity contribution in [2.45, 2.75) is 11.4 Å². The maximum atomic E-state index is 13.2. The van der Waals surface area contributed by atoms with Gasteiger partial charge >= 0.3 is 0 Å². The van der Waals surface area contributed by atoms with Crippen molar-refractivity contribution >= 4 is 80.6 Å². The quantitative estimate of drug-likeness (QED) is 0.121. The lowest BCUT2D eigenvalue weighted by molar-refractivity contribution is -0.660. The molecule has 12 nitrogen and oxygen atoms in total. The molecular formula is C21H19N8O4S4+. The van der Waals surface area contributed by atoms with Gasteiger partial charge in [-0.3, -0.25) is 19.3 Å². The molecule has 16 heteroatoms. The van der Waals surface area contributed by atoms with Crippen molar-refractivity contribution in [2.75, 3.05) is 18.6 Å². The number of β-lactam (4-membered cyclic amide) rings is 1. The second kappa shape index (κ2) is 10.2. The zero-order valence-corrected chi connectivity index (χ0v) is 22.7. The van der Waals surface area contributed by atoms with Crippen LogP contribution in [0.5, 0.6) is 0 Å². The van der Waals surface area contributed by atoms with Gasteiger partial charge in [-0.05, 0) is 6.07 Å². The number of thiol groups is 1. The van der Waals surface area contributed by atoms with Crippen LogP contribution in [-0.4, -0.2) is 66.2 Å². The molecule has 0 unspecified atom stereocenters. The van der Waals surface area contributed by atoms with E-state index < -0.39 is 28.3 Å².